The molecule has 0 amide bonds. The number of nitrogens with zero attached hydrogens (tertiary/aromatic N) is 2. The van der Waals surface area contributed by atoms with E-state index in [9.17, 15) is 4.79 Å². The first-order valence-electron chi connectivity index (χ1n) is 4.91. The molecule has 5 heteroatoms. The Morgan fingerprint density at radius 3 is 2.80 bits per heavy atom. The van der Waals surface area contributed by atoms with Crippen LogP contribution < -0.4 is 0 Å². The van der Waals surface area contributed by atoms with Gasteiger partial charge >= 0.3 is 5.97 Å². The fourth-order valence-corrected chi connectivity index (χ4v) is 1.69. The summed E-state index contributed by atoms with van der Waals surface area (Å²) in [7, 11) is 3.10. The van der Waals surface area contributed by atoms with Crippen molar-refractivity contribution in [3.05, 3.63) is 16.7 Å². The van der Waals surface area contributed by atoms with Crippen LogP contribution in [0.4, 0.5) is 0 Å². The van der Waals surface area contributed by atoms with Crippen LogP contribution in [-0.2, 0) is 18.2 Å². The lowest BCUT2D eigenvalue weighted by molar-refractivity contribution is 0.0589. The van der Waals surface area contributed by atoms with Crippen LogP contribution in [0.1, 0.15) is 36.1 Å². The molecule has 0 aliphatic carbocycles. The molecule has 4 nitrogen and oxygen atoms in total. The van der Waals surface area contributed by atoms with Crippen molar-refractivity contribution >= 4 is 17.6 Å². The highest BCUT2D eigenvalue weighted by molar-refractivity contribution is 6.32. The zero-order valence-corrected chi connectivity index (χ0v) is 9.97. The zero-order valence-electron chi connectivity index (χ0n) is 9.21. The summed E-state index contributed by atoms with van der Waals surface area (Å²) in [5.41, 5.74) is 0.324. The molecule has 0 aliphatic heterocycles. The van der Waals surface area contributed by atoms with E-state index in [1.54, 1.807) is 11.6 Å². The first kappa shape index (κ1) is 12.0. The average Bonchev–Trinajstić information content (AvgIpc) is 2.50. The Morgan fingerprint density at radius 1 is 1.60 bits per heavy atom. The fraction of sp³-hybridized carbons (Fsp3) is 0.600. The molecular weight excluding hydrogens is 216 g/mol. The predicted molar refractivity (Wildman–Crippen MR) is 58.2 cm³/mol. The monoisotopic (exact) mass is 230 g/mol. The fourth-order valence-electron chi connectivity index (χ4n) is 1.39. The van der Waals surface area contributed by atoms with Crippen molar-refractivity contribution in [2.75, 3.05) is 7.11 Å². The molecule has 1 aromatic rings. The minimum Gasteiger partial charge on any atom is -0.464 e. The first-order chi connectivity index (χ1) is 7.11. The number of hydrogen-bond donors (Lipinski definition) is 0. The molecule has 84 valence electrons. The second-order valence-electron chi connectivity index (χ2n) is 3.32. The third kappa shape index (κ3) is 2.50. The second-order valence-corrected chi connectivity index (χ2v) is 3.68. The lowest BCUT2D eigenvalue weighted by Gasteiger charge is -2.03. The summed E-state index contributed by atoms with van der Waals surface area (Å²) >= 11 is 5.87. The van der Waals surface area contributed by atoms with E-state index in [2.05, 4.69) is 16.6 Å². The van der Waals surface area contributed by atoms with Gasteiger partial charge in [0.15, 0.2) is 10.8 Å². The van der Waals surface area contributed by atoms with Gasteiger partial charge in [-0.05, 0) is 6.42 Å². The highest BCUT2D eigenvalue weighted by Crippen LogP contribution is 2.18. The Kier molecular flexibility index (Phi) is 4.15. The normalized spacial score (nSPS) is 10.4. The van der Waals surface area contributed by atoms with Gasteiger partial charge < -0.3 is 9.30 Å². The summed E-state index contributed by atoms with van der Waals surface area (Å²) in [6.45, 7) is 2.10. The first-order valence-corrected chi connectivity index (χ1v) is 5.29. The Labute approximate surface area is 94.2 Å². The summed E-state index contributed by atoms with van der Waals surface area (Å²) in [5, 5.41) is 0.218. The van der Waals surface area contributed by atoms with E-state index in [-0.39, 0.29) is 5.15 Å². The van der Waals surface area contributed by atoms with E-state index in [0.29, 0.717) is 5.69 Å². The predicted octanol–water partition coefficient (Wildman–Crippen LogP) is 2.20. The van der Waals surface area contributed by atoms with E-state index in [1.165, 1.54) is 7.11 Å². The van der Waals surface area contributed by atoms with Gasteiger partial charge in [-0.25, -0.2) is 9.78 Å². The van der Waals surface area contributed by atoms with Crippen molar-refractivity contribution < 1.29 is 9.53 Å². The number of carbonyl (C=O) groups is 1. The maximum atomic E-state index is 11.4. The van der Waals surface area contributed by atoms with Gasteiger partial charge in [-0.2, -0.15) is 0 Å². The topological polar surface area (TPSA) is 44.1 Å². The van der Waals surface area contributed by atoms with Gasteiger partial charge in [-0.15, -0.1) is 0 Å². The molecule has 0 fully saturated rings. The van der Waals surface area contributed by atoms with E-state index in [4.69, 9.17) is 11.6 Å². The molecule has 0 atom stereocenters. The third-order valence-electron chi connectivity index (χ3n) is 2.28. The smallest absolute Gasteiger partial charge is 0.357 e. The Balaban J connectivity index is 2.98. The van der Waals surface area contributed by atoms with Gasteiger partial charge in [0.25, 0.3) is 0 Å². The molecule has 0 radical (unpaired) electrons. The average molecular weight is 231 g/mol. The number of unbranched alkanes of at least 4 members (excludes halogenated alkanes) is 1. The van der Waals surface area contributed by atoms with E-state index in [1.807, 2.05) is 0 Å². The molecule has 0 aromatic carbocycles. The van der Waals surface area contributed by atoms with Crippen molar-refractivity contribution in [1.82, 2.24) is 9.55 Å². The van der Waals surface area contributed by atoms with E-state index >= 15 is 0 Å². The Morgan fingerprint density at radius 2 is 2.27 bits per heavy atom. The lowest BCUT2D eigenvalue weighted by Crippen LogP contribution is -2.10. The summed E-state index contributed by atoms with van der Waals surface area (Å²) in [5.74, 6) is 0.375. The minimum atomic E-state index is -0.447. The number of imidazole rings is 1. The molecule has 0 unspecified atom stereocenters. The van der Waals surface area contributed by atoms with Crippen molar-refractivity contribution in [2.24, 2.45) is 7.05 Å². The van der Waals surface area contributed by atoms with Crippen LogP contribution in [-0.4, -0.2) is 22.6 Å². The maximum Gasteiger partial charge on any atom is 0.357 e. The van der Waals surface area contributed by atoms with Crippen LogP contribution in [0.5, 0.6) is 0 Å². The molecule has 1 heterocycles. The summed E-state index contributed by atoms with van der Waals surface area (Å²) in [4.78, 5) is 15.5. The van der Waals surface area contributed by atoms with Crippen LogP contribution in [0.2, 0.25) is 5.15 Å². The lowest BCUT2D eigenvalue weighted by atomic mass is 10.2. The van der Waals surface area contributed by atoms with E-state index < -0.39 is 5.97 Å². The number of aryl methyl sites for hydroxylation is 1. The zero-order chi connectivity index (χ0) is 11.4. The van der Waals surface area contributed by atoms with Gasteiger partial charge in [0, 0.05) is 13.5 Å². The largest absolute Gasteiger partial charge is 0.464 e. The molecule has 0 N–H and O–H groups in total. The van der Waals surface area contributed by atoms with Crippen molar-refractivity contribution in [1.29, 1.82) is 0 Å². The van der Waals surface area contributed by atoms with Crippen molar-refractivity contribution in [3.8, 4) is 0 Å². The van der Waals surface area contributed by atoms with Gasteiger partial charge in [-0.3, -0.25) is 0 Å². The Hall–Kier alpha value is -1.03. The minimum absolute atomic E-state index is 0.218. The summed E-state index contributed by atoms with van der Waals surface area (Å²) < 4.78 is 6.33. The molecule has 15 heavy (non-hydrogen) atoms. The van der Waals surface area contributed by atoms with Gasteiger partial charge in [-0.1, -0.05) is 24.9 Å². The van der Waals surface area contributed by atoms with Gasteiger partial charge in [0.2, 0.25) is 0 Å². The number of rotatable bonds is 4. The number of hydrogen-bond acceptors (Lipinski definition) is 3. The van der Waals surface area contributed by atoms with Crippen molar-refractivity contribution in [2.45, 2.75) is 26.2 Å². The molecular formula is C10H15ClN2O2. The molecule has 1 aromatic heterocycles. The molecule has 0 spiro atoms. The van der Waals surface area contributed by atoms with Crippen LogP contribution in [0.25, 0.3) is 0 Å². The second kappa shape index (κ2) is 5.16. The van der Waals surface area contributed by atoms with Crippen LogP contribution >= 0.6 is 11.6 Å². The highest BCUT2D eigenvalue weighted by atomic mass is 35.5. The number of halogens is 1. The standard InChI is InChI=1S/C10H15ClN2O2/c1-4-5-6-7-12-9(11)8(13(7)2)10(14)15-3/h4-6H2,1-3H3. The highest BCUT2D eigenvalue weighted by Gasteiger charge is 2.19. The van der Waals surface area contributed by atoms with Crippen molar-refractivity contribution in [3.63, 3.8) is 0 Å². The van der Waals surface area contributed by atoms with Crippen LogP contribution in [0, 0.1) is 0 Å². The maximum absolute atomic E-state index is 11.4. The van der Waals surface area contributed by atoms with Gasteiger partial charge in [0.05, 0.1) is 7.11 Å². The third-order valence-corrected chi connectivity index (χ3v) is 2.54. The summed E-state index contributed by atoms with van der Waals surface area (Å²) in [6, 6.07) is 0. The quantitative estimate of drug-likeness (QED) is 0.745. The molecule has 0 aliphatic rings. The number of carbonyl (C=O) groups excluding carboxylic acids is 1. The molecule has 0 saturated carbocycles. The number of methoxy groups -OCH3 is 1. The Bertz CT molecular complexity index is 361. The van der Waals surface area contributed by atoms with Crippen LogP contribution in [0.3, 0.4) is 0 Å². The summed E-state index contributed by atoms with van der Waals surface area (Å²) in [6.07, 6.45) is 2.93. The molecule has 0 saturated heterocycles. The SMILES string of the molecule is CCCCc1nc(Cl)c(C(=O)OC)n1C. The molecule has 0 bridgehead atoms. The van der Waals surface area contributed by atoms with Crippen LogP contribution in [0.15, 0.2) is 0 Å². The number of esters is 1. The number of aromatic nitrogens is 2. The van der Waals surface area contributed by atoms with E-state index in [0.717, 1.165) is 25.1 Å². The molecule has 1 rings (SSSR count). The number of ether oxygens (including phenoxy) is 1. The van der Waals surface area contributed by atoms with Gasteiger partial charge in [0.1, 0.15) is 5.82 Å².